The first-order valence-electron chi connectivity index (χ1n) is 3.93. The van der Waals surface area contributed by atoms with E-state index in [1.54, 1.807) is 6.21 Å². The zero-order valence-corrected chi connectivity index (χ0v) is 6.90. The van der Waals surface area contributed by atoms with E-state index in [1.807, 2.05) is 30.6 Å². The first-order chi connectivity index (χ1) is 6.00. The molecule has 0 saturated carbocycles. The van der Waals surface area contributed by atoms with E-state index in [0.29, 0.717) is 0 Å². The summed E-state index contributed by atoms with van der Waals surface area (Å²) in [5, 5.41) is 5.92. The van der Waals surface area contributed by atoms with Gasteiger partial charge in [-0.1, -0.05) is 12.2 Å². The van der Waals surface area contributed by atoms with Crippen LogP contribution in [0.4, 0.5) is 0 Å². The molecular formula is C9H13N3. The van der Waals surface area contributed by atoms with Gasteiger partial charge in [-0.2, -0.15) is 0 Å². The third kappa shape index (κ3) is 4.33. The van der Waals surface area contributed by atoms with Crippen LogP contribution in [0.25, 0.3) is 0 Å². The smallest absolute Gasteiger partial charge is 0.107 e. The molecular weight excluding hydrogens is 150 g/mol. The lowest BCUT2D eigenvalue weighted by molar-refractivity contribution is 0.879. The molecule has 2 aliphatic rings. The van der Waals surface area contributed by atoms with Gasteiger partial charge in [0.1, 0.15) is 6.67 Å². The van der Waals surface area contributed by atoms with Gasteiger partial charge in [0, 0.05) is 12.8 Å². The standard InChI is InChI=1S/C5H7N.C4H6N2/c1-2-4-6-5-3-1;1-2-5-4-6-3-1/h1-4,6H,5H2;1-3,5H,4H2. The van der Waals surface area contributed by atoms with Gasteiger partial charge in [0.25, 0.3) is 0 Å². The van der Waals surface area contributed by atoms with Crippen molar-refractivity contribution in [1.29, 1.82) is 0 Å². The molecule has 0 radical (unpaired) electrons. The lowest BCUT2D eigenvalue weighted by atomic mass is 10.4. The van der Waals surface area contributed by atoms with Crippen LogP contribution in [0, 0.1) is 0 Å². The van der Waals surface area contributed by atoms with Crippen molar-refractivity contribution < 1.29 is 0 Å². The molecule has 2 N–H and O–H groups in total. The molecule has 64 valence electrons. The van der Waals surface area contributed by atoms with Gasteiger partial charge in [-0.05, 0) is 24.6 Å². The van der Waals surface area contributed by atoms with Crippen LogP contribution in [-0.4, -0.2) is 19.4 Å². The molecule has 3 nitrogen and oxygen atoms in total. The van der Waals surface area contributed by atoms with E-state index < -0.39 is 0 Å². The number of dihydropyridines is 1. The molecule has 2 aliphatic heterocycles. The maximum absolute atomic E-state index is 3.85. The number of nitrogens with zero attached hydrogens (tertiary/aromatic N) is 1. The monoisotopic (exact) mass is 163 g/mol. The summed E-state index contributed by atoms with van der Waals surface area (Å²) in [6.45, 7) is 1.72. The molecule has 2 rings (SSSR count). The van der Waals surface area contributed by atoms with Crippen LogP contribution >= 0.6 is 0 Å². The van der Waals surface area contributed by atoms with E-state index in [1.165, 1.54) is 0 Å². The Morgan fingerprint density at radius 3 is 2.08 bits per heavy atom. The van der Waals surface area contributed by atoms with Gasteiger partial charge < -0.3 is 10.6 Å². The molecule has 0 amide bonds. The lowest BCUT2D eigenvalue weighted by Gasteiger charge is -1.94. The second-order valence-corrected chi connectivity index (χ2v) is 2.25. The van der Waals surface area contributed by atoms with Crippen molar-refractivity contribution in [2.45, 2.75) is 0 Å². The second kappa shape index (κ2) is 6.22. The minimum absolute atomic E-state index is 0.733. The largest absolute Gasteiger partial charge is 0.387 e. The molecule has 3 heteroatoms. The summed E-state index contributed by atoms with van der Waals surface area (Å²) < 4.78 is 0. The number of rotatable bonds is 0. The number of hydrogen-bond acceptors (Lipinski definition) is 3. The van der Waals surface area contributed by atoms with Crippen molar-refractivity contribution in [2.24, 2.45) is 4.99 Å². The predicted octanol–water partition coefficient (Wildman–Crippen LogP) is 0.791. The molecule has 0 aromatic carbocycles. The minimum atomic E-state index is 0.733. The Bertz CT molecular complexity index is 166. The van der Waals surface area contributed by atoms with Crippen molar-refractivity contribution in [3.63, 3.8) is 0 Å². The summed E-state index contributed by atoms with van der Waals surface area (Å²) in [5.74, 6) is 0. The van der Waals surface area contributed by atoms with Crippen LogP contribution in [0.15, 0.2) is 41.7 Å². The summed E-state index contributed by atoms with van der Waals surface area (Å²) in [6, 6.07) is 0. The Kier molecular flexibility index (Phi) is 4.45. The molecule has 0 aromatic rings. The Hall–Kier alpha value is -1.51. The number of hydrogen-bond donors (Lipinski definition) is 2. The third-order valence-corrected chi connectivity index (χ3v) is 1.29. The van der Waals surface area contributed by atoms with Gasteiger partial charge in [-0.15, -0.1) is 0 Å². The highest BCUT2D eigenvalue weighted by atomic mass is 15.0. The number of allylic oxidation sites excluding steroid dienone is 3. The van der Waals surface area contributed by atoms with Crippen LogP contribution in [0.5, 0.6) is 0 Å². The maximum Gasteiger partial charge on any atom is 0.107 e. The Morgan fingerprint density at radius 1 is 1.00 bits per heavy atom. The molecule has 0 unspecified atom stereocenters. The topological polar surface area (TPSA) is 36.4 Å². The first-order valence-corrected chi connectivity index (χ1v) is 3.93. The van der Waals surface area contributed by atoms with Gasteiger partial charge >= 0.3 is 0 Å². The highest BCUT2D eigenvalue weighted by Crippen LogP contribution is 1.78. The van der Waals surface area contributed by atoms with Gasteiger partial charge in [0.2, 0.25) is 0 Å². The third-order valence-electron chi connectivity index (χ3n) is 1.29. The molecule has 0 aromatic heterocycles. The normalized spacial score (nSPS) is 17.3. The highest BCUT2D eigenvalue weighted by Gasteiger charge is 1.74. The summed E-state index contributed by atoms with van der Waals surface area (Å²) in [5.41, 5.74) is 0. The van der Waals surface area contributed by atoms with E-state index in [4.69, 9.17) is 0 Å². The van der Waals surface area contributed by atoms with Crippen molar-refractivity contribution in [3.05, 3.63) is 36.7 Å². The molecule has 0 bridgehead atoms. The average Bonchev–Trinajstić information content (AvgIpc) is 2.24. The van der Waals surface area contributed by atoms with Gasteiger partial charge in [-0.3, -0.25) is 4.99 Å². The molecule has 2 heterocycles. The fourth-order valence-electron chi connectivity index (χ4n) is 0.736. The number of nitrogens with one attached hydrogen (secondary N) is 2. The molecule has 0 saturated heterocycles. The van der Waals surface area contributed by atoms with E-state index in [2.05, 4.69) is 21.7 Å². The predicted molar refractivity (Wildman–Crippen MR) is 51.9 cm³/mol. The molecule has 0 aliphatic carbocycles. The van der Waals surface area contributed by atoms with E-state index >= 15 is 0 Å². The summed E-state index contributed by atoms with van der Waals surface area (Å²) in [6.07, 6.45) is 13.5. The average molecular weight is 163 g/mol. The fourth-order valence-corrected chi connectivity index (χ4v) is 0.736. The molecule has 0 atom stereocenters. The lowest BCUT2D eigenvalue weighted by Crippen LogP contribution is -2.06. The maximum atomic E-state index is 3.85. The van der Waals surface area contributed by atoms with Gasteiger partial charge in [0.05, 0.1) is 0 Å². The van der Waals surface area contributed by atoms with E-state index in [0.717, 1.165) is 13.2 Å². The summed E-state index contributed by atoms with van der Waals surface area (Å²) >= 11 is 0. The molecule has 12 heavy (non-hydrogen) atoms. The summed E-state index contributed by atoms with van der Waals surface area (Å²) in [4.78, 5) is 3.85. The van der Waals surface area contributed by atoms with Crippen LogP contribution in [0.3, 0.4) is 0 Å². The van der Waals surface area contributed by atoms with Crippen LogP contribution in [0.2, 0.25) is 0 Å². The first kappa shape index (κ1) is 8.59. The Morgan fingerprint density at radius 2 is 1.92 bits per heavy atom. The minimum Gasteiger partial charge on any atom is -0.387 e. The van der Waals surface area contributed by atoms with E-state index in [9.17, 15) is 0 Å². The fraction of sp³-hybridized carbons (Fsp3) is 0.222. The number of aliphatic imine (C=N–C) groups is 1. The van der Waals surface area contributed by atoms with Crippen molar-refractivity contribution in [2.75, 3.05) is 13.2 Å². The van der Waals surface area contributed by atoms with E-state index in [-0.39, 0.29) is 0 Å². The van der Waals surface area contributed by atoms with Crippen LogP contribution in [-0.2, 0) is 0 Å². The quantitative estimate of drug-likeness (QED) is 0.554. The van der Waals surface area contributed by atoms with Crippen molar-refractivity contribution in [3.8, 4) is 0 Å². The second-order valence-electron chi connectivity index (χ2n) is 2.25. The van der Waals surface area contributed by atoms with Gasteiger partial charge in [0.15, 0.2) is 0 Å². The zero-order valence-electron chi connectivity index (χ0n) is 6.90. The van der Waals surface area contributed by atoms with Crippen molar-refractivity contribution in [1.82, 2.24) is 10.6 Å². The zero-order chi connectivity index (χ0) is 8.49. The Balaban J connectivity index is 0.000000120. The summed E-state index contributed by atoms with van der Waals surface area (Å²) in [7, 11) is 0. The molecule has 0 fully saturated rings. The van der Waals surface area contributed by atoms with Crippen LogP contribution in [0.1, 0.15) is 0 Å². The molecule has 0 spiro atoms. The van der Waals surface area contributed by atoms with Gasteiger partial charge in [-0.25, -0.2) is 0 Å². The highest BCUT2D eigenvalue weighted by molar-refractivity contribution is 5.71. The van der Waals surface area contributed by atoms with Crippen LogP contribution < -0.4 is 10.6 Å². The SMILES string of the molecule is C1=CCNC=C1.C1=CNCN=C1. The van der Waals surface area contributed by atoms with Crippen molar-refractivity contribution >= 4 is 6.21 Å². The Labute approximate surface area is 72.6 Å².